The SMILES string of the molecule is CCCc1c(N)ncnc1Oc1cccc2ncccc12. The first-order valence-electron chi connectivity index (χ1n) is 6.90. The number of nitrogens with two attached hydrogens (primary N) is 1. The molecule has 2 aromatic heterocycles. The third-order valence-electron chi connectivity index (χ3n) is 3.25. The van der Waals surface area contributed by atoms with Crippen LogP contribution in [0.2, 0.25) is 0 Å². The van der Waals surface area contributed by atoms with Crippen molar-refractivity contribution in [2.45, 2.75) is 19.8 Å². The van der Waals surface area contributed by atoms with Crippen molar-refractivity contribution < 1.29 is 4.74 Å². The number of aromatic nitrogens is 3. The van der Waals surface area contributed by atoms with Gasteiger partial charge in [0.15, 0.2) is 0 Å². The second-order valence-corrected chi connectivity index (χ2v) is 4.72. The maximum Gasteiger partial charge on any atom is 0.227 e. The van der Waals surface area contributed by atoms with E-state index in [1.54, 1.807) is 6.20 Å². The van der Waals surface area contributed by atoms with Gasteiger partial charge in [0, 0.05) is 11.6 Å². The Morgan fingerprint density at radius 2 is 2.00 bits per heavy atom. The summed E-state index contributed by atoms with van der Waals surface area (Å²) in [6.07, 6.45) is 4.92. The largest absolute Gasteiger partial charge is 0.438 e. The van der Waals surface area contributed by atoms with E-state index in [9.17, 15) is 0 Å². The molecule has 0 atom stereocenters. The zero-order chi connectivity index (χ0) is 14.7. The number of nitrogen functional groups attached to an aromatic ring is 1. The maximum atomic E-state index is 5.99. The Kier molecular flexibility index (Phi) is 3.64. The fraction of sp³-hybridized carbons (Fsp3) is 0.188. The first-order chi connectivity index (χ1) is 10.3. The normalized spacial score (nSPS) is 10.7. The van der Waals surface area contributed by atoms with Gasteiger partial charge in [0.25, 0.3) is 0 Å². The predicted octanol–water partition coefficient (Wildman–Crippen LogP) is 3.35. The molecule has 2 N–H and O–H groups in total. The van der Waals surface area contributed by atoms with Crippen LogP contribution in [0.3, 0.4) is 0 Å². The second kappa shape index (κ2) is 5.75. The highest BCUT2D eigenvalue weighted by molar-refractivity contribution is 5.85. The third kappa shape index (κ3) is 2.63. The standard InChI is InChI=1S/C16H16N4O/c1-2-5-12-15(17)19-10-20-16(12)21-14-8-3-7-13-11(14)6-4-9-18-13/h3-4,6-10H,2,5H2,1H3,(H2,17,19,20). The van der Waals surface area contributed by atoms with Gasteiger partial charge in [-0.2, -0.15) is 0 Å². The van der Waals surface area contributed by atoms with Gasteiger partial charge in [-0.25, -0.2) is 9.97 Å². The molecule has 3 aromatic rings. The summed E-state index contributed by atoms with van der Waals surface area (Å²) >= 11 is 0. The Hall–Kier alpha value is -2.69. The van der Waals surface area contributed by atoms with Crippen LogP contribution in [0.15, 0.2) is 42.9 Å². The van der Waals surface area contributed by atoms with Crippen molar-refractivity contribution in [3.05, 3.63) is 48.4 Å². The van der Waals surface area contributed by atoms with Gasteiger partial charge in [0.05, 0.1) is 11.1 Å². The molecule has 0 fully saturated rings. The second-order valence-electron chi connectivity index (χ2n) is 4.72. The molecule has 0 amide bonds. The van der Waals surface area contributed by atoms with Crippen molar-refractivity contribution in [3.63, 3.8) is 0 Å². The number of hydrogen-bond acceptors (Lipinski definition) is 5. The summed E-state index contributed by atoms with van der Waals surface area (Å²) in [7, 11) is 0. The number of fused-ring (bicyclic) bond motifs is 1. The van der Waals surface area contributed by atoms with Gasteiger partial charge in [0.1, 0.15) is 17.9 Å². The first-order valence-corrected chi connectivity index (χ1v) is 6.90. The van der Waals surface area contributed by atoms with Gasteiger partial charge in [-0.05, 0) is 30.7 Å². The number of hydrogen-bond donors (Lipinski definition) is 1. The number of nitrogens with zero attached hydrogens (tertiary/aromatic N) is 3. The lowest BCUT2D eigenvalue weighted by Crippen LogP contribution is -2.02. The van der Waals surface area contributed by atoms with E-state index in [2.05, 4.69) is 21.9 Å². The highest BCUT2D eigenvalue weighted by Crippen LogP contribution is 2.31. The zero-order valence-corrected chi connectivity index (χ0v) is 11.8. The van der Waals surface area contributed by atoms with Crippen LogP contribution >= 0.6 is 0 Å². The minimum absolute atomic E-state index is 0.472. The minimum Gasteiger partial charge on any atom is -0.438 e. The molecule has 0 bridgehead atoms. The molecule has 0 unspecified atom stereocenters. The molecule has 0 aliphatic carbocycles. The van der Waals surface area contributed by atoms with Gasteiger partial charge < -0.3 is 10.5 Å². The van der Waals surface area contributed by atoms with Crippen LogP contribution in [0.4, 0.5) is 5.82 Å². The van der Waals surface area contributed by atoms with E-state index in [0.29, 0.717) is 11.7 Å². The Balaban J connectivity index is 2.05. The number of ether oxygens (including phenoxy) is 1. The molecule has 21 heavy (non-hydrogen) atoms. The number of benzene rings is 1. The summed E-state index contributed by atoms with van der Waals surface area (Å²) in [6, 6.07) is 9.62. The lowest BCUT2D eigenvalue weighted by molar-refractivity contribution is 0.459. The average molecular weight is 280 g/mol. The highest BCUT2D eigenvalue weighted by Gasteiger charge is 2.12. The van der Waals surface area contributed by atoms with Crippen molar-refractivity contribution in [1.29, 1.82) is 0 Å². The van der Waals surface area contributed by atoms with Crippen molar-refractivity contribution in [2.75, 3.05) is 5.73 Å². The van der Waals surface area contributed by atoms with E-state index in [1.165, 1.54) is 6.33 Å². The van der Waals surface area contributed by atoms with Crippen LogP contribution in [0, 0.1) is 0 Å². The van der Waals surface area contributed by atoms with E-state index in [4.69, 9.17) is 10.5 Å². The van der Waals surface area contributed by atoms with Crippen LogP contribution in [0.1, 0.15) is 18.9 Å². The number of rotatable bonds is 4. The van der Waals surface area contributed by atoms with E-state index in [-0.39, 0.29) is 0 Å². The molecule has 0 spiro atoms. The quantitative estimate of drug-likeness (QED) is 0.793. The van der Waals surface area contributed by atoms with E-state index in [0.717, 1.165) is 35.1 Å². The Bertz CT molecular complexity index is 768. The van der Waals surface area contributed by atoms with Gasteiger partial charge in [0.2, 0.25) is 5.88 Å². The van der Waals surface area contributed by atoms with Gasteiger partial charge in [-0.1, -0.05) is 19.4 Å². The van der Waals surface area contributed by atoms with Crippen LogP contribution in [0.5, 0.6) is 11.6 Å². The van der Waals surface area contributed by atoms with Crippen molar-refractivity contribution in [3.8, 4) is 11.6 Å². The molecule has 0 saturated carbocycles. The van der Waals surface area contributed by atoms with Crippen LogP contribution < -0.4 is 10.5 Å². The molecule has 0 radical (unpaired) electrons. The van der Waals surface area contributed by atoms with Crippen LogP contribution in [-0.2, 0) is 6.42 Å². The summed E-state index contributed by atoms with van der Waals surface area (Å²) in [5.74, 6) is 1.71. The van der Waals surface area contributed by atoms with Gasteiger partial charge >= 0.3 is 0 Å². The van der Waals surface area contributed by atoms with E-state index in [1.807, 2.05) is 30.3 Å². The van der Waals surface area contributed by atoms with Crippen LogP contribution in [-0.4, -0.2) is 15.0 Å². The average Bonchev–Trinajstić information content (AvgIpc) is 2.51. The Labute approximate surface area is 122 Å². The predicted molar refractivity (Wildman–Crippen MR) is 82.3 cm³/mol. The van der Waals surface area contributed by atoms with Crippen molar-refractivity contribution in [1.82, 2.24) is 15.0 Å². The molecule has 0 aliphatic heterocycles. The fourth-order valence-electron chi connectivity index (χ4n) is 2.25. The van der Waals surface area contributed by atoms with Crippen molar-refractivity contribution >= 4 is 16.7 Å². The van der Waals surface area contributed by atoms with Gasteiger partial charge in [-0.15, -0.1) is 0 Å². The highest BCUT2D eigenvalue weighted by atomic mass is 16.5. The molecule has 0 saturated heterocycles. The molecule has 5 nitrogen and oxygen atoms in total. The van der Waals surface area contributed by atoms with Crippen LogP contribution in [0.25, 0.3) is 10.9 Å². The van der Waals surface area contributed by atoms with E-state index < -0.39 is 0 Å². The minimum atomic E-state index is 0.472. The maximum absolute atomic E-state index is 5.99. The lowest BCUT2D eigenvalue weighted by atomic mass is 10.1. The molecule has 5 heteroatoms. The van der Waals surface area contributed by atoms with Gasteiger partial charge in [-0.3, -0.25) is 4.98 Å². The Morgan fingerprint density at radius 1 is 1.10 bits per heavy atom. The van der Waals surface area contributed by atoms with E-state index >= 15 is 0 Å². The lowest BCUT2D eigenvalue weighted by Gasteiger charge is -2.12. The molecule has 106 valence electrons. The summed E-state index contributed by atoms with van der Waals surface area (Å²) < 4.78 is 5.99. The molecular weight excluding hydrogens is 264 g/mol. The smallest absolute Gasteiger partial charge is 0.227 e. The first kappa shape index (κ1) is 13.3. The summed E-state index contributed by atoms with van der Waals surface area (Å²) in [5, 5.41) is 0.944. The molecule has 1 aromatic carbocycles. The number of pyridine rings is 1. The van der Waals surface area contributed by atoms with Crippen molar-refractivity contribution in [2.24, 2.45) is 0 Å². The summed E-state index contributed by atoms with van der Waals surface area (Å²) in [6.45, 7) is 2.08. The molecular formula is C16H16N4O. The topological polar surface area (TPSA) is 73.9 Å². The molecule has 2 heterocycles. The zero-order valence-electron chi connectivity index (χ0n) is 11.8. The summed E-state index contributed by atoms with van der Waals surface area (Å²) in [4.78, 5) is 12.6. The third-order valence-corrected chi connectivity index (χ3v) is 3.25. The molecule has 0 aliphatic rings. The number of anilines is 1. The monoisotopic (exact) mass is 280 g/mol. The fourth-order valence-corrected chi connectivity index (χ4v) is 2.25. The Morgan fingerprint density at radius 3 is 2.86 bits per heavy atom. The molecule has 3 rings (SSSR count). The summed E-state index contributed by atoms with van der Waals surface area (Å²) in [5.41, 5.74) is 7.66.